The van der Waals surface area contributed by atoms with E-state index < -0.39 is 5.60 Å². The number of ether oxygens (including phenoxy) is 2. The van der Waals surface area contributed by atoms with E-state index in [1.54, 1.807) is 7.11 Å². The lowest BCUT2D eigenvalue weighted by atomic mass is 9.93. The highest BCUT2D eigenvalue weighted by molar-refractivity contribution is 7.14. The predicted molar refractivity (Wildman–Crippen MR) is 75.5 cm³/mol. The number of rotatable bonds is 3. The van der Waals surface area contributed by atoms with Crippen molar-refractivity contribution in [2.24, 2.45) is 0 Å². The molecule has 0 radical (unpaired) electrons. The maximum absolute atomic E-state index is 6.02. The zero-order chi connectivity index (χ0) is 14.2. The summed E-state index contributed by atoms with van der Waals surface area (Å²) in [6, 6.07) is 0. The lowest BCUT2D eigenvalue weighted by molar-refractivity contribution is -0.101. The average Bonchev–Trinajstić information content (AvgIpc) is 3.08. The Labute approximate surface area is 120 Å². The molecule has 1 aliphatic heterocycles. The third-order valence-electron chi connectivity index (χ3n) is 3.74. The minimum atomic E-state index is -0.513. The first-order valence-corrected chi connectivity index (χ1v) is 7.35. The summed E-state index contributed by atoms with van der Waals surface area (Å²) in [5.74, 6) is 1.03. The van der Waals surface area contributed by atoms with Gasteiger partial charge >= 0.3 is 0 Å². The Bertz CT molecular complexity index is 602. The number of aryl methyl sites for hydroxylation is 1. The van der Waals surface area contributed by atoms with Crippen LogP contribution >= 0.6 is 11.3 Å². The number of nitrogens with zero attached hydrogens (tertiary/aromatic N) is 2. The van der Waals surface area contributed by atoms with E-state index in [0.29, 0.717) is 30.6 Å². The molecule has 6 nitrogen and oxygen atoms in total. The Morgan fingerprint density at radius 2 is 2.15 bits per heavy atom. The summed E-state index contributed by atoms with van der Waals surface area (Å²) in [6.45, 7) is 3.23. The van der Waals surface area contributed by atoms with Crippen molar-refractivity contribution < 1.29 is 14.0 Å². The molecule has 7 heteroatoms. The van der Waals surface area contributed by atoms with E-state index in [0.717, 1.165) is 23.3 Å². The number of methoxy groups -OCH3 is 1. The van der Waals surface area contributed by atoms with E-state index in [2.05, 4.69) is 10.1 Å². The summed E-state index contributed by atoms with van der Waals surface area (Å²) in [7, 11) is 1.67. The molecule has 0 bridgehead atoms. The number of thiophene rings is 1. The molecule has 0 aromatic carbocycles. The SMILES string of the molecule is COC1(c2noc(-c3scc(C)c3N)n2)CCOCC1. The molecule has 108 valence electrons. The van der Waals surface area contributed by atoms with E-state index in [1.165, 1.54) is 11.3 Å². The van der Waals surface area contributed by atoms with Gasteiger partial charge in [-0.3, -0.25) is 0 Å². The maximum atomic E-state index is 6.02. The average molecular weight is 295 g/mol. The fourth-order valence-corrected chi connectivity index (χ4v) is 3.23. The van der Waals surface area contributed by atoms with Crippen LogP contribution in [-0.2, 0) is 15.1 Å². The summed E-state index contributed by atoms with van der Waals surface area (Å²) in [5.41, 5.74) is 7.23. The summed E-state index contributed by atoms with van der Waals surface area (Å²) < 4.78 is 16.4. The van der Waals surface area contributed by atoms with Gasteiger partial charge in [-0.25, -0.2) is 0 Å². The molecular formula is C13H17N3O3S. The van der Waals surface area contributed by atoms with Gasteiger partial charge in [0.2, 0.25) is 5.82 Å². The molecule has 0 unspecified atom stereocenters. The fraction of sp³-hybridized carbons (Fsp3) is 0.538. The molecule has 2 N–H and O–H groups in total. The molecular weight excluding hydrogens is 278 g/mol. The van der Waals surface area contributed by atoms with Gasteiger partial charge < -0.3 is 19.7 Å². The van der Waals surface area contributed by atoms with Crippen LogP contribution < -0.4 is 5.73 Å². The number of nitrogen functional groups attached to an aromatic ring is 1. The monoisotopic (exact) mass is 295 g/mol. The van der Waals surface area contributed by atoms with Crippen LogP contribution in [-0.4, -0.2) is 30.5 Å². The van der Waals surface area contributed by atoms with Gasteiger partial charge in [0.05, 0.1) is 5.69 Å². The molecule has 2 aromatic rings. The summed E-state index contributed by atoms with van der Waals surface area (Å²) >= 11 is 1.51. The van der Waals surface area contributed by atoms with Gasteiger partial charge in [0.1, 0.15) is 10.5 Å². The fourth-order valence-electron chi connectivity index (χ4n) is 2.34. The Balaban J connectivity index is 1.95. The largest absolute Gasteiger partial charge is 0.397 e. The summed E-state index contributed by atoms with van der Waals surface area (Å²) in [4.78, 5) is 5.31. The van der Waals surface area contributed by atoms with Crippen LogP contribution in [0, 0.1) is 6.92 Å². The molecule has 20 heavy (non-hydrogen) atoms. The molecule has 0 spiro atoms. The van der Waals surface area contributed by atoms with E-state index in [-0.39, 0.29) is 0 Å². The van der Waals surface area contributed by atoms with Gasteiger partial charge in [-0.1, -0.05) is 5.16 Å². The molecule has 0 atom stereocenters. The Morgan fingerprint density at radius 3 is 2.75 bits per heavy atom. The molecule has 1 saturated heterocycles. The number of hydrogen-bond acceptors (Lipinski definition) is 7. The highest BCUT2D eigenvalue weighted by atomic mass is 32.1. The van der Waals surface area contributed by atoms with Crippen LogP contribution in [0.5, 0.6) is 0 Å². The molecule has 1 fully saturated rings. The molecule has 0 saturated carbocycles. The van der Waals surface area contributed by atoms with Gasteiger partial charge in [0.25, 0.3) is 5.89 Å². The quantitative estimate of drug-likeness (QED) is 0.935. The summed E-state index contributed by atoms with van der Waals surface area (Å²) in [6.07, 6.45) is 1.45. The Kier molecular flexibility index (Phi) is 3.49. The van der Waals surface area contributed by atoms with E-state index in [9.17, 15) is 0 Å². The minimum Gasteiger partial charge on any atom is -0.397 e. The second kappa shape index (κ2) is 5.16. The van der Waals surface area contributed by atoms with Gasteiger partial charge in [-0.15, -0.1) is 11.3 Å². The lowest BCUT2D eigenvalue weighted by Gasteiger charge is -2.32. The maximum Gasteiger partial charge on any atom is 0.270 e. The van der Waals surface area contributed by atoms with Crippen molar-refractivity contribution in [3.8, 4) is 10.8 Å². The third-order valence-corrected chi connectivity index (χ3v) is 4.84. The smallest absolute Gasteiger partial charge is 0.270 e. The van der Waals surface area contributed by atoms with Crippen molar-refractivity contribution in [2.75, 3.05) is 26.1 Å². The summed E-state index contributed by atoms with van der Waals surface area (Å²) in [5, 5.41) is 6.08. The molecule has 1 aliphatic rings. The van der Waals surface area contributed by atoms with Crippen LogP contribution in [0.2, 0.25) is 0 Å². The van der Waals surface area contributed by atoms with E-state index in [4.69, 9.17) is 19.7 Å². The van der Waals surface area contributed by atoms with E-state index in [1.807, 2.05) is 12.3 Å². The number of anilines is 1. The minimum absolute atomic E-state index is 0.457. The first-order valence-electron chi connectivity index (χ1n) is 6.47. The van der Waals surface area contributed by atoms with Crippen molar-refractivity contribution >= 4 is 17.0 Å². The van der Waals surface area contributed by atoms with Gasteiger partial charge in [-0.2, -0.15) is 4.98 Å². The Hall–Kier alpha value is -1.44. The number of aromatic nitrogens is 2. The third kappa shape index (κ3) is 2.11. The normalized spacial score (nSPS) is 18.3. The van der Waals surface area contributed by atoms with Crippen molar-refractivity contribution in [2.45, 2.75) is 25.4 Å². The molecule has 3 rings (SSSR count). The number of nitrogens with two attached hydrogens (primary N) is 1. The van der Waals surface area contributed by atoms with Crippen molar-refractivity contribution in [3.05, 3.63) is 16.8 Å². The van der Waals surface area contributed by atoms with Gasteiger partial charge in [-0.05, 0) is 17.9 Å². The number of hydrogen-bond donors (Lipinski definition) is 1. The Morgan fingerprint density at radius 1 is 1.40 bits per heavy atom. The highest BCUT2D eigenvalue weighted by Gasteiger charge is 2.39. The van der Waals surface area contributed by atoms with Crippen molar-refractivity contribution in [3.63, 3.8) is 0 Å². The lowest BCUT2D eigenvalue weighted by Crippen LogP contribution is -2.36. The van der Waals surface area contributed by atoms with Crippen LogP contribution in [0.1, 0.15) is 24.2 Å². The second-order valence-electron chi connectivity index (χ2n) is 4.90. The molecule has 0 aliphatic carbocycles. The predicted octanol–water partition coefficient (Wildman–Crippen LogP) is 2.34. The van der Waals surface area contributed by atoms with Crippen LogP contribution in [0.15, 0.2) is 9.90 Å². The van der Waals surface area contributed by atoms with Crippen LogP contribution in [0.25, 0.3) is 10.8 Å². The van der Waals surface area contributed by atoms with Crippen molar-refractivity contribution in [1.29, 1.82) is 0 Å². The topological polar surface area (TPSA) is 83.4 Å². The van der Waals surface area contributed by atoms with Gasteiger partial charge in [0, 0.05) is 33.2 Å². The van der Waals surface area contributed by atoms with Crippen LogP contribution in [0.3, 0.4) is 0 Å². The standard InChI is InChI=1S/C13H17N3O3S/c1-8-7-20-10(9(8)14)11-15-12(16-19-11)13(17-2)3-5-18-6-4-13/h7H,3-6,14H2,1-2H3. The van der Waals surface area contributed by atoms with Crippen molar-refractivity contribution in [1.82, 2.24) is 10.1 Å². The highest BCUT2D eigenvalue weighted by Crippen LogP contribution is 2.37. The van der Waals surface area contributed by atoms with Gasteiger partial charge in [0.15, 0.2) is 0 Å². The molecule has 2 aromatic heterocycles. The zero-order valence-corrected chi connectivity index (χ0v) is 12.3. The van der Waals surface area contributed by atoms with E-state index >= 15 is 0 Å². The molecule has 0 amide bonds. The first kappa shape index (κ1) is 13.5. The second-order valence-corrected chi connectivity index (χ2v) is 5.78. The first-order chi connectivity index (χ1) is 9.66. The molecule has 3 heterocycles. The zero-order valence-electron chi connectivity index (χ0n) is 11.5. The van der Waals surface area contributed by atoms with Crippen LogP contribution in [0.4, 0.5) is 5.69 Å².